The van der Waals surface area contributed by atoms with E-state index in [9.17, 15) is 0 Å². The number of hydrogen-bond acceptors (Lipinski definition) is 2. The highest BCUT2D eigenvalue weighted by Gasteiger charge is 2.03. The third-order valence-corrected chi connectivity index (χ3v) is 3.34. The highest BCUT2D eigenvalue weighted by molar-refractivity contribution is 9.10. The first kappa shape index (κ1) is 12.9. The number of anilines is 1. The third-order valence-electron chi connectivity index (χ3n) is 2.54. The van der Waals surface area contributed by atoms with Gasteiger partial charge >= 0.3 is 0 Å². The Morgan fingerprint density at radius 1 is 1.22 bits per heavy atom. The summed E-state index contributed by atoms with van der Waals surface area (Å²) in [6.07, 6.45) is 0. The molecule has 0 aliphatic heterocycles. The van der Waals surface area contributed by atoms with Crippen molar-refractivity contribution in [2.45, 2.75) is 6.54 Å². The molecule has 2 aromatic carbocycles. The maximum absolute atomic E-state index is 9.00. The quantitative estimate of drug-likeness (QED) is 0.897. The molecule has 0 radical (unpaired) electrons. The summed E-state index contributed by atoms with van der Waals surface area (Å²) < 4.78 is 0.940. The Kier molecular flexibility index (Phi) is 4.24. The fraction of sp³-hybridized carbons (Fsp3) is 0.0714. The highest BCUT2D eigenvalue weighted by atomic mass is 79.9. The van der Waals surface area contributed by atoms with Crippen LogP contribution in [0.5, 0.6) is 0 Å². The van der Waals surface area contributed by atoms with Gasteiger partial charge in [0.25, 0.3) is 0 Å². The highest BCUT2D eigenvalue weighted by Crippen LogP contribution is 2.26. The first-order valence-electron chi connectivity index (χ1n) is 5.37. The largest absolute Gasteiger partial charge is 0.380 e. The van der Waals surface area contributed by atoms with Crippen molar-refractivity contribution in [3.8, 4) is 6.07 Å². The van der Waals surface area contributed by atoms with Gasteiger partial charge in [0.2, 0.25) is 0 Å². The van der Waals surface area contributed by atoms with Gasteiger partial charge in [0.15, 0.2) is 0 Å². The zero-order chi connectivity index (χ0) is 13.0. The van der Waals surface area contributed by atoms with Crippen LogP contribution in [0.4, 0.5) is 5.69 Å². The Labute approximate surface area is 119 Å². The van der Waals surface area contributed by atoms with E-state index in [1.807, 2.05) is 36.4 Å². The van der Waals surface area contributed by atoms with E-state index in [0.29, 0.717) is 17.1 Å². The van der Waals surface area contributed by atoms with Gasteiger partial charge in [0.1, 0.15) is 0 Å². The van der Waals surface area contributed by atoms with Crippen LogP contribution in [-0.2, 0) is 6.54 Å². The molecule has 2 rings (SSSR count). The molecule has 0 fully saturated rings. The average molecular weight is 322 g/mol. The van der Waals surface area contributed by atoms with Crippen LogP contribution in [0.3, 0.4) is 0 Å². The molecule has 0 atom stereocenters. The van der Waals surface area contributed by atoms with Crippen LogP contribution in [0.1, 0.15) is 11.1 Å². The molecule has 2 aromatic rings. The Hall–Kier alpha value is -1.50. The second-order valence-corrected chi connectivity index (χ2v) is 5.07. The molecular formula is C14H10BrClN2. The number of nitrogens with one attached hydrogen (secondary N) is 1. The molecule has 90 valence electrons. The van der Waals surface area contributed by atoms with Crippen molar-refractivity contribution in [1.82, 2.24) is 0 Å². The second-order valence-electron chi connectivity index (χ2n) is 3.75. The molecule has 2 nitrogen and oxygen atoms in total. The molecule has 0 saturated carbocycles. The maximum atomic E-state index is 9.00. The van der Waals surface area contributed by atoms with Crippen LogP contribution < -0.4 is 5.32 Å². The van der Waals surface area contributed by atoms with Crippen LogP contribution in [0, 0.1) is 11.3 Å². The van der Waals surface area contributed by atoms with E-state index >= 15 is 0 Å². The van der Waals surface area contributed by atoms with Crippen molar-refractivity contribution in [2.24, 2.45) is 0 Å². The summed E-state index contributed by atoms with van der Waals surface area (Å²) >= 11 is 9.47. The zero-order valence-corrected chi connectivity index (χ0v) is 11.8. The van der Waals surface area contributed by atoms with Gasteiger partial charge in [-0.05, 0) is 29.8 Å². The minimum atomic E-state index is 0.574. The molecule has 0 heterocycles. The lowest BCUT2D eigenvalue weighted by molar-refractivity contribution is 1.14. The predicted molar refractivity (Wildman–Crippen MR) is 77.6 cm³/mol. The Morgan fingerprint density at radius 2 is 2.00 bits per heavy atom. The van der Waals surface area contributed by atoms with Gasteiger partial charge in [-0.3, -0.25) is 0 Å². The van der Waals surface area contributed by atoms with Crippen molar-refractivity contribution in [3.05, 3.63) is 63.1 Å². The minimum Gasteiger partial charge on any atom is -0.380 e. The summed E-state index contributed by atoms with van der Waals surface area (Å²) in [6, 6.07) is 15.3. The molecule has 1 N–H and O–H groups in total. The van der Waals surface area contributed by atoms with Crippen molar-refractivity contribution >= 4 is 33.2 Å². The molecule has 0 spiro atoms. The van der Waals surface area contributed by atoms with E-state index in [0.717, 1.165) is 15.7 Å². The van der Waals surface area contributed by atoms with E-state index in [-0.39, 0.29) is 0 Å². The lowest BCUT2D eigenvalue weighted by atomic mass is 10.1. The fourth-order valence-electron chi connectivity index (χ4n) is 1.61. The molecular weight excluding hydrogens is 312 g/mol. The first-order chi connectivity index (χ1) is 8.70. The van der Waals surface area contributed by atoms with E-state index in [2.05, 4.69) is 27.3 Å². The molecule has 0 unspecified atom stereocenters. The van der Waals surface area contributed by atoms with Gasteiger partial charge in [-0.25, -0.2) is 0 Å². The molecule has 4 heteroatoms. The first-order valence-corrected chi connectivity index (χ1v) is 6.55. The standard InChI is InChI=1S/C14H10BrClN2/c15-12-5-6-14(13(16)7-12)18-9-11-4-2-1-3-10(11)8-17/h1-7,18H,9H2. The van der Waals surface area contributed by atoms with Crippen LogP contribution >= 0.6 is 27.5 Å². The van der Waals surface area contributed by atoms with Crippen LogP contribution in [0.15, 0.2) is 46.9 Å². The molecule has 0 saturated heterocycles. The summed E-state index contributed by atoms with van der Waals surface area (Å²) in [7, 11) is 0. The lowest BCUT2D eigenvalue weighted by Gasteiger charge is -2.09. The maximum Gasteiger partial charge on any atom is 0.0995 e. The number of halogens is 2. The van der Waals surface area contributed by atoms with Gasteiger partial charge < -0.3 is 5.32 Å². The van der Waals surface area contributed by atoms with Crippen LogP contribution in [-0.4, -0.2) is 0 Å². The monoisotopic (exact) mass is 320 g/mol. The minimum absolute atomic E-state index is 0.574. The predicted octanol–water partition coefficient (Wildman–Crippen LogP) is 4.59. The molecule has 0 aliphatic carbocycles. The fourth-order valence-corrected chi connectivity index (χ4v) is 2.35. The van der Waals surface area contributed by atoms with E-state index < -0.39 is 0 Å². The number of rotatable bonds is 3. The van der Waals surface area contributed by atoms with Gasteiger partial charge in [0.05, 0.1) is 22.3 Å². The second kappa shape index (κ2) is 5.90. The topological polar surface area (TPSA) is 35.8 Å². The van der Waals surface area contributed by atoms with Crippen LogP contribution in [0.25, 0.3) is 0 Å². The van der Waals surface area contributed by atoms with Gasteiger partial charge in [0, 0.05) is 11.0 Å². The average Bonchev–Trinajstić information content (AvgIpc) is 2.38. The summed E-state index contributed by atoms with van der Waals surface area (Å²) in [6.45, 7) is 0.574. The van der Waals surface area contributed by atoms with Gasteiger partial charge in [-0.1, -0.05) is 45.7 Å². The zero-order valence-electron chi connectivity index (χ0n) is 9.45. The molecule has 18 heavy (non-hydrogen) atoms. The Balaban J connectivity index is 2.14. The number of hydrogen-bond donors (Lipinski definition) is 1. The van der Waals surface area contributed by atoms with E-state index in [1.165, 1.54) is 0 Å². The van der Waals surface area contributed by atoms with Crippen LogP contribution in [0.2, 0.25) is 5.02 Å². The number of nitriles is 1. The Morgan fingerprint density at radius 3 is 2.72 bits per heavy atom. The van der Waals surface area contributed by atoms with E-state index in [1.54, 1.807) is 6.07 Å². The van der Waals surface area contributed by atoms with Gasteiger partial charge in [-0.2, -0.15) is 5.26 Å². The smallest absolute Gasteiger partial charge is 0.0995 e. The normalized spacial score (nSPS) is 9.83. The molecule has 0 aromatic heterocycles. The van der Waals surface area contributed by atoms with Crippen molar-refractivity contribution in [2.75, 3.05) is 5.32 Å². The van der Waals surface area contributed by atoms with E-state index in [4.69, 9.17) is 16.9 Å². The SMILES string of the molecule is N#Cc1ccccc1CNc1ccc(Br)cc1Cl. The molecule has 0 aliphatic rings. The number of benzene rings is 2. The lowest BCUT2D eigenvalue weighted by Crippen LogP contribution is -2.01. The molecule has 0 amide bonds. The summed E-state index contributed by atoms with van der Waals surface area (Å²) in [5.41, 5.74) is 2.49. The van der Waals surface area contributed by atoms with Crippen molar-refractivity contribution in [1.29, 1.82) is 5.26 Å². The molecule has 0 bridgehead atoms. The summed E-state index contributed by atoms with van der Waals surface area (Å²) in [4.78, 5) is 0. The summed E-state index contributed by atoms with van der Waals surface area (Å²) in [5, 5.41) is 12.9. The third kappa shape index (κ3) is 3.04. The summed E-state index contributed by atoms with van der Waals surface area (Å²) in [5.74, 6) is 0. The van der Waals surface area contributed by atoms with Gasteiger partial charge in [-0.15, -0.1) is 0 Å². The Bertz CT molecular complexity index is 605. The number of nitrogens with zero attached hydrogens (tertiary/aromatic N) is 1. The van der Waals surface area contributed by atoms with Crippen molar-refractivity contribution in [3.63, 3.8) is 0 Å². The van der Waals surface area contributed by atoms with Crippen molar-refractivity contribution < 1.29 is 0 Å².